The third-order valence-corrected chi connectivity index (χ3v) is 2.26. The number of phenolic OH excluding ortho intramolecular Hbond substituents is 1. The number of carboxylic acids is 1. The summed E-state index contributed by atoms with van der Waals surface area (Å²) in [6, 6.07) is 1.18. The lowest BCUT2D eigenvalue weighted by atomic mass is 10.1. The number of hydrogen-bond donors (Lipinski definition) is 3. The van der Waals surface area contributed by atoms with Crippen molar-refractivity contribution in [2.75, 3.05) is 12.4 Å². The van der Waals surface area contributed by atoms with Gasteiger partial charge in [-0.1, -0.05) is 23.2 Å². The summed E-state index contributed by atoms with van der Waals surface area (Å²) in [5.74, 6) is -1.55. The number of aromatic hydroxyl groups is 1. The average Bonchev–Trinajstić information content (AvgIpc) is 2.09. The van der Waals surface area contributed by atoms with Gasteiger partial charge < -0.3 is 15.5 Å². The molecular formula is C8H7Cl2NO3. The highest BCUT2D eigenvalue weighted by Crippen LogP contribution is 2.38. The number of phenols is 1. The highest BCUT2D eigenvalue weighted by Gasteiger charge is 2.19. The summed E-state index contributed by atoms with van der Waals surface area (Å²) in [4.78, 5) is 10.8. The van der Waals surface area contributed by atoms with Gasteiger partial charge in [-0.05, 0) is 6.07 Å². The van der Waals surface area contributed by atoms with Crippen molar-refractivity contribution in [3.63, 3.8) is 0 Å². The maximum Gasteiger partial charge on any atom is 0.339 e. The molecule has 1 rings (SSSR count). The Hall–Kier alpha value is -1.13. The van der Waals surface area contributed by atoms with Gasteiger partial charge in [-0.2, -0.15) is 0 Å². The standard InChI is InChI=1S/C8H7Cl2NO3/c1-11-6-5(8(13)14)3(9)2-4(10)7(6)12/h2,11-12H,1H3,(H,13,14). The molecule has 4 nitrogen and oxygen atoms in total. The Morgan fingerprint density at radius 3 is 2.43 bits per heavy atom. The fourth-order valence-electron chi connectivity index (χ4n) is 1.06. The highest BCUT2D eigenvalue weighted by molar-refractivity contribution is 6.38. The van der Waals surface area contributed by atoms with E-state index >= 15 is 0 Å². The molecule has 0 bridgehead atoms. The third-order valence-electron chi connectivity index (χ3n) is 1.67. The number of benzene rings is 1. The van der Waals surface area contributed by atoms with E-state index in [4.69, 9.17) is 28.3 Å². The molecule has 0 aromatic heterocycles. The largest absolute Gasteiger partial charge is 0.504 e. The number of carbonyl (C=O) groups is 1. The van der Waals surface area contributed by atoms with Crippen molar-refractivity contribution in [2.45, 2.75) is 0 Å². The number of rotatable bonds is 2. The van der Waals surface area contributed by atoms with E-state index in [0.717, 1.165) is 0 Å². The van der Waals surface area contributed by atoms with Crippen LogP contribution < -0.4 is 5.32 Å². The predicted octanol–water partition coefficient (Wildman–Crippen LogP) is 2.44. The van der Waals surface area contributed by atoms with Gasteiger partial charge in [0.05, 0.1) is 15.7 Å². The van der Waals surface area contributed by atoms with E-state index in [0.29, 0.717) is 0 Å². The normalized spacial score (nSPS) is 9.93. The van der Waals surface area contributed by atoms with E-state index in [1.807, 2.05) is 0 Å². The molecule has 0 unspecified atom stereocenters. The van der Waals surface area contributed by atoms with Crippen molar-refractivity contribution in [1.29, 1.82) is 0 Å². The Bertz CT molecular complexity index is 393. The van der Waals surface area contributed by atoms with Crippen molar-refractivity contribution in [3.8, 4) is 5.75 Å². The zero-order chi connectivity index (χ0) is 10.9. The maximum absolute atomic E-state index is 10.8. The lowest BCUT2D eigenvalue weighted by Gasteiger charge is -2.10. The molecule has 0 amide bonds. The predicted molar refractivity (Wildman–Crippen MR) is 54.6 cm³/mol. The van der Waals surface area contributed by atoms with Crippen LogP contribution in [0, 0.1) is 0 Å². The van der Waals surface area contributed by atoms with Gasteiger partial charge >= 0.3 is 5.97 Å². The number of aromatic carboxylic acids is 1. The summed E-state index contributed by atoms with van der Waals surface area (Å²) < 4.78 is 0. The van der Waals surface area contributed by atoms with Gasteiger partial charge in [-0.15, -0.1) is 0 Å². The van der Waals surface area contributed by atoms with Gasteiger partial charge in [0.25, 0.3) is 0 Å². The van der Waals surface area contributed by atoms with E-state index in [-0.39, 0.29) is 27.0 Å². The molecule has 0 aliphatic carbocycles. The van der Waals surface area contributed by atoms with Crippen molar-refractivity contribution in [2.24, 2.45) is 0 Å². The molecule has 0 aliphatic rings. The first-order chi connectivity index (χ1) is 6.49. The fourth-order valence-corrected chi connectivity index (χ4v) is 1.61. The van der Waals surface area contributed by atoms with Crippen LogP contribution in [0.3, 0.4) is 0 Å². The van der Waals surface area contributed by atoms with Gasteiger partial charge in [0.15, 0.2) is 5.75 Å². The Labute approximate surface area is 90.1 Å². The van der Waals surface area contributed by atoms with E-state index in [9.17, 15) is 9.90 Å². The minimum absolute atomic E-state index is 0.00403. The van der Waals surface area contributed by atoms with Gasteiger partial charge in [-0.3, -0.25) is 0 Å². The second kappa shape index (κ2) is 3.94. The van der Waals surface area contributed by atoms with E-state index in [2.05, 4.69) is 5.32 Å². The third kappa shape index (κ3) is 1.71. The Morgan fingerprint density at radius 2 is 2.00 bits per heavy atom. The lowest BCUT2D eigenvalue weighted by molar-refractivity contribution is 0.0698. The van der Waals surface area contributed by atoms with Crippen LogP contribution >= 0.6 is 23.2 Å². The van der Waals surface area contributed by atoms with Crippen LogP contribution in [-0.4, -0.2) is 23.2 Å². The Balaban J connectivity index is 3.55. The van der Waals surface area contributed by atoms with Crippen LogP contribution in [0.15, 0.2) is 6.07 Å². The lowest BCUT2D eigenvalue weighted by Crippen LogP contribution is -2.04. The van der Waals surface area contributed by atoms with Crippen LogP contribution in [-0.2, 0) is 0 Å². The molecule has 0 saturated carbocycles. The second-order valence-corrected chi connectivity index (χ2v) is 3.31. The minimum atomic E-state index is -1.23. The molecule has 3 N–H and O–H groups in total. The van der Waals surface area contributed by atoms with Crippen molar-refractivity contribution < 1.29 is 15.0 Å². The maximum atomic E-state index is 10.8. The zero-order valence-electron chi connectivity index (χ0n) is 7.14. The number of hydrogen-bond acceptors (Lipinski definition) is 3. The molecule has 0 atom stereocenters. The van der Waals surface area contributed by atoms with Gasteiger partial charge in [0.1, 0.15) is 5.56 Å². The number of halogens is 2. The monoisotopic (exact) mass is 235 g/mol. The summed E-state index contributed by atoms with van der Waals surface area (Å²) in [5, 5.41) is 20.8. The second-order valence-electron chi connectivity index (χ2n) is 2.49. The zero-order valence-corrected chi connectivity index (χ0v) is 8.65. The number of anilines is 1. The first kappa shape index (κ1) is 10.9. The quantitative estimate of drug-likeness (QED) is 0.689. The van der Waals surface area contributed by atoms with Crippen molar-refractivity contribution in [3.05, 3.63) is 21.7 Å². The Kier molecular flexibility index (Phi) is 3.08. The summed E-state index contributed by atoms with van der Waals surface area (Å²) in [6.07, 6.45) is 0. The van der Waals surface area contributed by atoms with Crippen LogP contribution in [0.2, 0.25) is 10.0 Å². The van der Waals surface area contributed by atoms with Crippen LogP contribution in [0.5, 0.6) is 5.75 Å². The number of carboxylic acid groups (broad SMARTS) is 1. The molecule has 1 aromatic rings. The minimum Gasteiger partial charge on any atom is -0.504 e. The smallest absolute Gasteiger partial charge is 0.339 e. The summed E-state index contributed by atoms with van der Waals surface area (Å²) in [7, 11) is 1.47. The van der Waals surface area contributed by atoms with Crippen molar-refractivity contribution in [1.82, 2.24) is 0 Å². The average molecular weight is 236 g/mol. The van der Waals surface area contributed by atoms with E-state index in [1.165, 1.54) is 13.1 Å². The summed E-state index contributed by atoms with van der Waals surface area (Å²) >= 11 is 11.3. The van der Waals surface area contributed by atoms with Crippen LogP contribution in [0.1, 0.15) is 10.4 Å². The molecule has 76 valence electrons. The first-order valence-electron chi connectivity index (χ1n) is 3.61. The van der Waals surface area contributed by atoms with Crippen LogP contribution in [0.4, 0.5) is 5.69 Å². The molecule has 0 aliphatic heterocycles. The molecule has 0 saturated heterocycles. The summed E-state index contributed by atoms with van der Waals surface area (Å²) in [6.45, 7) is 0. The summed E-state index contributed by atoms with van der Waals surface area (Å²) in [5.41, 5.74) is -0.189. The fraction of sp³-hybridized carbons (Fsp3) is 0.125. The topological polar surface area (TPSA) is 69.6 Å². The van der Waals surface area contributed by atoms with E-state index < -0.39 is 5.97 Å². The SMILES string of the molecule is CNc1c(O)c(Cl)cc(Cl)c1C(=O)O. The molecule has 0 fully saturated rings. The highest BCUT2D eigenvalue weighted by atomic mass is 35.5. The van der Waals surface area contributed by atoms with Gasteiger partial charge in [-0.25, -0.2) is 4.79 Å². The van der Waals surface area contributed by atoms with E-state index in [1.54, 1.807) is 0 Å². The van der Waals surface area contributed by atoms with Crippen LogP contribution in [0.25, 0.3) is 0 Å². The molecule has 1 aromatic carbocycles. The number of nitrogens with one attached hydrogen (secondary N) is 1. The molecule has 0 spiro atoms. The Morgan fingerprint density at radius 1 is 1.43 bits per heavy atom. The molecule has 14 heavy (non-hydrogen) atoms. The van der Waals surface area contributed by atoms with Gasteiger partial charge in [0.2, 0.25) is 0 Å². The molecule has 6 heteroatoms. The van der Waals surface area contributed by atoms with Crippen molar-refractivity contribution >= 4 is 34.9 Å². The molecule has 0 radical (unpaired) electrons. The molecular weight excluding hydrogens is 229 g/mol. The first-order valence-corrected chi connectivity index (χ1v) is 4.36. The van der Waals surface area contributed by atoms with Gasteiger partial charge in [0, 0.05) is 7.05 Å². The molecule has 0 heterocycles.